The lowest BCUT2D eigenvalue weighted by Gasteiger charge is -2.10. The van der Waals surface area contributed by atoms with Gasteiger partial charge in [0.2, 0.25) is 0 Å². The van der Waals surface area contributed by atoms with Crippen LogP contribution in [0.4, 0.5) is 11.5 Å². The van der Waals surface area contributed by atoms with Crippen LogP contribution in [-0.4, -0.2) is 27.1 Å². The molecule has 4 N–H and O–H groups in total. The fourth-order valence-electron chi connectivity index (χ4n) is 2.32. The molecule has 0 aliphatic rings. The van der Waals surface area contributed by atoms with Crippen molar-refractivity contribution < 1.29 is 9.90 Å². The van der Waals surface area contributed by atoms with Gasteiger partial charge < -0.3 is 16.2 Å². The normalized spacial score (nSPS) is 12.0. The first-order valence-corrected chi connectivity index (χ1v) is 7.16. The third-order valence-corrected chi connectivity index (χ3v) is 3.55. The summed E-state index contributed by atoms with van der Waals surface area (Å²) >= 11 is 0. The number of nitrogens with zero attached hydrogens (tertiary/aromatic N) is 2. The topological polar surface area (TPSA) is 101 Å². The van der Waals surface area contributed by atoms with Crippen molar-refractivity contribution in [3.63, 3.8) is 0 Å². The Morgan fingerprint density at radius 1 is 1.17 bits per heavy atom. The maximum atomic E-state index is 10.8. The highest BCUT2D eigenvalue weighted by molar-refractivity contribution is 5.92. The van der Waals surface area contributed by atoms with Gasteiger partial charge in [0.25, 0.3) is 0 Å². The molecule has 0 saturated carbocycles. The van der Waals surface area contributed by atoms with Crippen LogP contribution in [0.5, 0.6) is 0 Å². The second kappa shape index (κ2) is 6.41. The van der Waals surface area contributed by atoms with E-state index < -0.39 is 12.0 Å². The molecule has 2 heterocycles. The number of carboxylic acids is 1. The largest absolute Gasteiger partial charge is 0.480 e. The summed E-state index contributed by atoms with van der Waals surface area (Å²) in [6.07, 6.45) is 5.55. The highest BCUT2D eigenvalue weighted by Gasteiger charge is 2.11. The van der Waals surface area contributed by atoms with E-state index in [2.05, 4.69) is 15.3 Å². The third kappa shape index (κ3) is 3.44. The number of aliphatic carboxylic acids is 1. The molecule has 0 spiro atoms. The molecular weight excluding hydrogens is 292 g/mol. The minimum absolute atomic E-state index is 0.299. The van der Waals surface area contributed by atoms with Crippen LogP contribution in [0, 0.1) is 0 Å². The van der Waals surface area contributed by atoms with Crippen molar-refractivity contribution in [2.75, 3.05) is 5.32 Å². The molecule has 1 aromatic carbocycles. The lowest BCUT2D eigenvalue weighted by atomic mass is 10.1. The number of aromatic nitrogens is 2. The molecule has 6 nitrogen and oxygen atoms in total. The molecule has 0 amide bonds. The molecule has 23 heavy (non-hydrogen) atoms. The van der Waals surface area contributed by atoms with Crippen molar-refractivity contribution in [2.45, 2.75) is 12.5 Å². The predicted molar refractivity (Wildman–Crippen MR) is 88.6 cm³/mol. The van der Waals surface area contributed by atoms with E-state index >= 15 is 0 Å². The van der Waals surface area contributed by atoms with Gasteiger partial charge >= 0.3 is 5.97 Å². The average Bonchev–Trinajstić information content (AvgIpc) is 2.57. The van der Waals surface area contributed by atoms with Gasteiger partial charge in [0.15, 0.2) is 0 Å². The summed E-state index contributed by atoms with van der Waals surface area (Å²) in [6, 6.07) is 10.4. The van der Waals surface area contributed by atoms with Crippen LogP contribution in [0.3, 0.4) is 0 Å². The number of benzene rings is 1. The second-order valence-corrected chi connectivity index (χ2v) is 5.23. The summed E-state index contributed by atoms with van der Waals surface area (Å²) in [5, 5.41) is 14.1. The Labute approximate surface area is 133 Å². The summed E-state index contributed by atoms with van der Waals surface area (Å²) in [5.74, 6) is -0.249. The van der Waals surface area contributed by atoms with Gasteiger partial charge in [-0.25, -0.2) is 4.98 Å². The molecule has 0 bridgehead atoms. The molecule has 116 valence electrons. The molecule has 0 fully saturated rings. The van der Waals surface area contributed by atoms with E-state index in [1.165, 1.54) is 0 Å². The number of fused-ring (bicyclic) bond motifs is 1. The average molecular weight is 308 g/mol. The zero-order valence-corrected chi connectivity index (χ0v) is 12.3. The Bertz CT molecular complexity index is 828. The number of nitrogens with one attached hydrogen (secondary N) is 1. The van der Waals surface area contributed by atoms with Gasteiger partial charge in [0.05, 0.1) is 0 Å². The molecule has 3 aromatic rings. The summed E-state index contributed by atoms with van der Waals surface area (Å²) in [7, 11) is 0. The zero-order valence-electron chi connectivity index (χ0n) is 12.3. The molecule has 0 radical (unpaired) electrons. The minimum atomic E-state index is -0.999. The van der Waals surface area contributed by atoms with E-state index in [-0.39, 0.29) is 0 Å². The maximum absolute atomic E-state index is 10.8. The number of carbonyl (C=O) groups is 1. The monoisotopic (exact) mass is 308 g/mol. The van der Waals surface area contributed by atoms with Crippen LogP contribution in [0.1, 0.15) is 5.56 Å². The Hall–Kier alpha value is -2.99. The molecule has 0 aliphatic heterocycles. The quantitative estimate of drug-likeness (QED) is 0.668. The van der Waals surface area contributed by atoms with Crippen LogP contribution in [0.15, 0.2) is 55.0 Å². The highest BCUT2D eigenvalue weighted by atomic mass is 16.4. The van der Waals surface area contributed by atoms with Crippen molar-refractivity contribution in [3.8, 4) is 0 Å². The fraction of sp³-hybridized carbons (Fsp3) is 0.118. The van der Waals surface area contributed by atoms with Crippen LogP contribution < -0.4 is 11.1 Å². The maximum Gasteiger partial charge on any atom is 0.320 e. The number of hydrogen-bond acceptors (Lipinski definition) is 5. The van der Waals surface area contributed by atoms with Crippen LogP contribution in [0.2, 0.25) is 0 Å². The van der Waals surface area contributed by atoms with Crippen LogP contribution in [-0.2, 0) is 11.2 Å². The SMILES string of the molecule is N[C@@H](Cc1ccc(Nc2nccc3cnccc23)cc1)C(=O)O. The highest BCUT2D eigenvalue weighted by Crippen LogP contribution is 2.23. The third-order valence-electron chi connectivity index (χ3n) is 3.55. The smallest absolute Gasteiger partial charge is 0.320 e. The first-order valence-electron chi connectivity index (χ1n) is 7.16. The number of rotatable bonds is 5. The number of hydrogen-bond donors (Lipinski definition) is 3. The summed E-state index contributed by atoms with van der Waals surface area (Å²) < 4.78 is 0. The Morgan fingerprint density at radius 3 is 2.70 bits per heavy atom. The Kier molecular flexibility index (Phi) is 4.16. The van der Waals surface area contributed by atoms with E-state index in [1.54, 1.807) is 18.6 Å². The molecule has 3 rings (SSSR count). The van der Waals surface area contributed by atoms with Gasteiger partial charge in [-0.2, -0.15) is 0 Å². The van der Waals surface area contributed by atoms with Crippen molar-refractivity contribution in [3.05, 3.63) is 60.6 Å². The van der Waals surface area contributed by atoms with Crippen molar-refractivity contribution >= 4 is 28.2 Å². The zero-order chi connectivity index (χ0) is 16.2. The number of carboxylic acid groups (broad SMARTS) is 1. The number of pyridine rings is 2. The van der Waals surface area contributed by atoms with Gasteiger partial charge in [-0.3, -0.25) is 9.78 Å². The molecule has 1 atom stereocenters. The standard InChI is InChI=1S/C17H16N4O2/c18-15(17(22)23)9-11-1-3-13(4-2-11)21-16-14-6-7-19-10-12(14)5-8-20-16/h1-8,10,15H,9,18H2,(H,20,21)(H,22,23)/t15-/m0/s1. The van der Waals surface area contributed by atoms with E-state index in [0.29, 0.717) is 6.42 Å². The lowest BCUT2D eigenvalue weighted by molar-refractivity contribution is -0.138. The fourth-order valence-corrected chi connectivity index (χ4v) is 2.32. The molecule has 0 saturated heterocycles. The predicted octanol–water partition coefficient (Wildman–Crippen LogP) is 2.33. The number of nitrogens with two attached hydrogens (primary N) is 1. The van der Waals surface area contributed by atoms with Crippen molar-refractivity contribution in [2.24, 2.45) is 5.73 Å². The van der Waals surface area contributed by atoms with Gasteiger partial charge in [0, 0.05) is 35.1 Å². The second-order valence-electron chi connectivity index (χ2n) is 5.23. The van der Waals surface area contributed by atoms with Gasteiger partial charge in [0.1, 0.15) is 11.9 Å². The number of anilines is 2. The summed E-state index contributed by atoms with van der Waals surface area (Å²) in [6.45, 7) is 0. The Balaban J connectivity index is 1.79. The summed E-state index contributed by atoms with van der Waals surface area (Å²) in [4.78, 5) is 19.2. The first-order chi connectivity index (χ1) is 11.1. The van der Waals surface area contributed by atoms with Gasteiger partial charge in [-0.1, -0.05) is 12.1 Å². The van der Waals surface area contributed by atoms with Crippen molar-refractivity contribution in [1.29, 1.82) is 0 Å². The van der Waals surface area contributed by atoms with E-state index in [1.807, 2.05) is 36.4 Å². The first kappa shape index (κ1) is 14.9. The van der Waals surface area contributed by atoms with Gasteiger partial charge in [-0.05, 0) is 36.2 Å². The van der Waals surface area contributed by atoms with Crippen molar-refractivity contribution in [1.82, 2.24) is 9.97 Å². The van der Waals surface area contributed by atoms with Gasteiger partial charge in [-0.15, -0.1) is 0 Å². The lowest BCUT2D eigenvalue weighted by Crippen LogP contribution is -2.32. The molecular formula is C17H16N4O2. The van der Waals surface area contributed by atoms with E-state index in [9.17, 15) is 4.79 Å². The summed E-state index contributed by atoms with van der Waals surface area (Å²) in [5.41, 5.74) is 7.29. The molecule has 6 heteroatoms. The molecule has 2 aromatic heterocycles. The van der Waals surface area contributed by atoms with Crippen LogP contribution in [0.25, 0.3) is 10.8 Å². The van der Waals surface area contributed by atoms with E-state index in [4.69, 9.17) is 10.8 Å². The van der Waals surface area contributed by atoms with E-state index in [0.717, 1.165) is 27.8 Å². The molecule has 0 unspecified atom stereocenters. The minimum Gasteiger partial charge on any atom is -0.480 e. The van der Waals surface area contributed by atoms with Crippen LogP contribution >= 0.6 is 0 Å². The Morgan fingerprint density at radius 2 is 1.96 bits per heavy atom. The molecule has 0 aliphatic carbocycles.